The maximum atomic E-state index is 12.9. The van der Waals surface area contributed by atoms with Gasteiger partial charge in [0.15, 0.2) is 0 Å². The SMILES string of the molecule is CC1Cc2ccccc2N1C(=O)CN1CCN(CCn2cncn2)CC1. The van der Waals surface area contributed by atoms with Crippen LogP contribution in [0.15, 0.2) is 36.9 Å². The molecule has 0 spiro atoms. The van der Waals surface area contributed by atoms with Crippen molar-refractivity contribution in [2.75, 3.05) is 44.2 Å². The van der Waals surface area contributed by atoms with Gasteiger partial charge in [-0.2, -0.15) is 5.10 Å². The van der Waals surface area contributed by atoms with Gasteiger partial charge in [0, 0.05) is 44.5 Å². The zero-order chi connectivity index (χ0) is 17.9. The van der Waals surface area contributed by atoms with Gasteiger partial charge < -0.3 is 4.90 Å². The molecule has 0 bridgehead atoms. The predicted molar refractivity (Wildman–Crippen MR) is 100.0 cm³/mol. The summed E-state index contributed by atoms with van der Waals surface area (Å²) in [5.74, 6) is 0.221. The van der Waals surface area contributed by atoms with Crippen LogP contribution in [0.3, 0.4) is 0 Å². The Morgan fingerprint density at radius 1 is 1.12 bits per heavy atom. The molecule has 2 aliphatic heterocycles. The van der Waals surface area contributed by atoms with E-state index in [1.165, 1.54) is 5.56 Å². The van der Waals surface area contributed by atoms with Gasteiger partial charge in [-0.1, -0.05) is 18.2 Å². The maximum Gasteiger partial charge on any atom is 0.241 e. The van der Waals surface area contributed by atoms with E-state index in [1.54, 1.807) is 12.7 Å². The number of amides is 1. The van der Waals surface area contributed by atoms with Crippen molar-refractivity contribution in [3.8, 4) is 0 Å². The molecule has 2 aromatic rings. The summed E-state index contributed by atoms with van der Waals surface area (Å²) in [6.07, 6.45) is 4.28. The Labute approximate surface area is 154 Å². The largest absolute Gasteiger partial charge is 0.308 e. The lowest BCUT2D eigenvalue weighted by Gasteiger charge is -2.35. The zero-order valence-corrected chi connectivity index (χ0v) is 15.3. The number of piperazine rings is 1. The van der Waals surface area contributed by atoms with Crippen molar-refractivity contribution < 1.29 is 4.79 Å². The number of carbonyl (C=O) groups excluding carboxylic acids is 1. The first-order valence-corrected chi connectivity index (χ1v) is 9.38. The highest BCUT2D eigenvalue weighted by atomic mass is 16.2. The van der Waals surface area contributed by atoms with Gasteiger partial charge in [0.05, 0.1) is 13.1 Å². The second-order valence-corrected chi connectivity index (χ2v) is 7.22. The molecule has 0 aliphatic carbocycles. The summed E-state index contributed by atoms with van der Waals surface area (Å²) < 4.78 is 1.86. The third kappa shape index (κ3) is 3.64. The maximum absolute atomic E-state index is 12.9. The van der Waals surface area contributed by atoms with Crippen molar-refractivity contribution in [2.45, 2.75) is 25.9 Å². The van der Waals surface area contributed by atoms with Gasteiger partial charge in [0.2, 0.25) is 5.91 Å². The van der Waals surface area contributed by atoms with Crippen molar-refractivity contribution in [3.63, 3.8) is 0 Å². The van der Waals surface area contributed by atoms with Crippen molar-refractivity contribution >= 4 is 11.6 Å². The molecule has 1 saturated heterocycles. The molecule has 1 atom stereocenters. The first-order valence-electron chi connectivity index (χ1n) is 9.38. The lowest BCUT2D eigenvalue weighted by molar-refractivity contribution is -0.120. The zero-order valence-electron chi connectivity index (χ0n) is 15.3. The number of hydrogen-bond acceptors (Lipinski definition) is 5. The Kier molecular flexibility index (Phi) is 4.99. The second kappa shape index (κ2) is 7.55. The van der Waals surface area contributed by atoms with Crippen LogP contribution in [0.5, 0.6) is 0 Å². The van der Waals surface area contributed by atoms with Gasteiger partial charge in [-0.3, -0.25) is 19.3 Å². The molecule has 0 N–H and O–H groups in total. The molecule has 2 aliphatic rings. The third-order valence-electron chi connectivity index (χ3n) is 5.41. The fourth-order valence-corrected chi connectivity index (χ4v) is 3.98. The van der Waals surface area contributed by atoms with Gasteiger partial charge in [0.1, 0.15) is 12.7 Å². The molecule has 7 heteroatoms. The Morgan fingerprint density at radius 2 is 1.88 bits per heavy atom. The summed E-state index contributed by atoms with van der Waals surface area (Å²) in [5.41, 5.74) is 2.38. The molecule has 1 aromatic heterocycles. The Hall–Kier alpha value is -2.25. The summed E-state index contributed by atoms with van der Waals surface area (Å²) in [7, 11) is 0. The topological polar surface area (TPSA) is 57.5 Å². The number of para-hydroxylation sites is 1. The molecule has 1 amide bonds. The van der Waals surface area contributed by atoms with Crippen LogP contribution in [-0.2, 0) is 17.8 Å². The molecule has 3 heterocycles. The highest BCUT2D eigenvalue weighted by Crippen LogP contribution is 2.31. The number of benzene rings is 1. The van der Waals surface area contributed by atoms with Crippen molar-refractivity contribution in [1.29, 1.82) is 0 Å². The highest BCUT2D eigenvalue weighted by Gasteiger charge is 2.31. The average Bonchev–Trinajstić information content (AvgIpc) is 3.27. The number of carbonyl (C=O) groups is 1. The molecule has 1 unspecified atom stereocenters. The summed E-state index contributed by atoms with van der Waals surface area (Å²) in [5, 5.41) is 4.14. The van der Waals surface area contributed by atoms with Gasteiger partial charge >= 0.3 is 0 Å². The van der Waals surface area contributed by atoms with Crippen LogP contribution in [0.25, 0.3) is 0 Å². The van der Waals surface area contributed by atoms with Crippen LogP contribution in [0, 0.1) is 0 Å². The first-order chi connectivity index (χ1) is 12.7. The van der Waals surface area contributed by atoms with Gasteiger partial charge in [0.25, 0.3) is 0 Å². The fraction of sp³-hybridized carbons (Fsp3) is 0.526. The Bertz CT molecular complexity index is 738. The summed E-state index contributed by atoms with van der Waals surface area (Å²) in [6.45, 7) is 8.35. The molecule has 138 valence electrons. The van der Waals surface area contributed by atoms with E-state index in [0.29, 0.717) is 6.54 Å². The van der Waals surface area contributed by atoms with Crippen molar-refractivity contribution in [2.24, 2.45) is 0 Å². The van der Waals surface area contributed by atoms with E-state index < -0.39 is 0 Å². The monoisotopic (exact) mass is 354 g/mol. The summed E-state index contributed by atoms with van der Waals surface area (Å²) in [6, 6.07) is 8.53. The number of fused-ring (bicyclic) bond motifs is 1. The fourth-order valence-electron chi connectivity index (χ4n) is 3.98. The van der Waals surface area contributed by atoms with Gasteiger partial charge in [-0.25, -0.2) is 4.98 Å². The molecule has 26 heavy (non-hydrogen) atoms. The van der Waals surface area contributed by atoms with E-state index in [0.717, 1.165) is 51.4 Å². The van der Waals surface area contributed by atoms with E-state index in [9.17, 15) is 4.79 Å². The average molecular weight is 354 g/mol. The van der Waals surface area contributed by atoms with Crippen LogP contribution >= 0.6 is 0 Å². The van der Waals surface area contributed by atoms with Crippen molar-refractivity contribution in [3.05, 3.63) is 42.5 Å². The van der Waals surface area contributed by atoms with Crippen LogP contribution in [0.2, 0.25) is 0 Å². The van der Waals surface area contributed by atoms with E-state index in [2.05, 4.69) is 45.0 Å². The molecular weight excluding hydrogens is 328 g/mol. The summed E-state index contributed by atoms with van der Waals surface area (Å²) in [4.78, 5) is 23.6. The Balaban J connectivity index is 1.27. The van der Waals surface area contributed by atoms with Gasteiger partial charge in [-0.05, 0) is 25.0 Å². The van der Waals surface area contributed by atoms with E-state index in [1.807, 2.05) is 15.6 Å². The third-order valence-corrected chi connectivity index (χ3v) is 5.41. The lowest BCUT2D eigenvalue weighted by Crippen LogP contribution is -2.51. The normalized spacial score (nSPS) is 21.1. The minimum absolute atomic E-state index is 0.221. The number of rotatable bonds is 5. The molecule has 4 rings (SSSR count). The number of anilines is 1. The molecule has 0 saturated carbocycles. The van der Waals surface area contributed by atoms with Crippen LogP contribution in [0.4, 0.5) is 5.69 Å². The van der Waals surface area contributed by atoms with Crippen molar-refractivity contribution in [1.82, 2.24) is 24.6 Å². The molecular formula is C19H26N6O. The van der Waals surface area contributed by atoms with Crippen LogP contribution < -0.4 is 4.90 Å². The smallest absolute Gasteiger partial charge is 0.241 e. The number of nitrogens with zero attached hydrogens (tertiary/aromatic N) is 6. The minimum atomic E-state index is 0.221. The Morgan fingerprint density at radius 3 is 2.65 bits per heavy atom. The molecule has 0 radical (unpaired) electrons. The standard InChI is InChI=1S/C19H26N6O/c1-16-12-17-4-2-3-5-18(17)25(16)19(26)13-23-8-6-22(7-9-23)10-11-24-15-20-14-21-24/h2-5,14-16H,6-13H2,1H3. The van der Waals surface area contributed by atoms with E-state index in [-0.39, 0.29) is 11.9 Å². The van der Waals surface area contributed by atoms with Crippen LogP contribution in [-0.4, -0.2) is 75.8 Å². The second-order valence-electron chi connectivity index (χ2n) is 7.22. The van der Waals surface area contributed by atoms with Gasteiger partial charge in [-0.15, -0.1) is 0 Å². The van der Waals surface area contributed by atoms with E-state index >= 15 is 0 Å². The minimum Gasteiger partial charge on any atom is -0.308 e. The molecule has 1 fully saturated rings. The number of hydrogen-bond donors (Lipinski definition) is 0. The first kappa shape index (κ1) is 17.2. The molecule has 7 nitrogen and oxygen atoms in total. The quantitative estimate of drug-likeness (QED) is 0.798. The lowest BCUT2D eigenvalue weighted by atomic mass is 10.1. The predicted octanol–water partition coefficient (Wildman–Crippen LogP) is 0.873. The molecule has 1 aromatic carbocycles. The highest BCUT2D eigenvalue weighted by molar-refractivity contribution is 5.97. The van der Waals surface area contributed by atoms with E-state index in [4.69, 9.17) is 0 Å². The van der Waals surface area contributed by atoms with Crippen LogP contribution in [0.1, 0.15) is 12.5 Å². The number of aromatic nitrogens is 3. The summed E-state index contributed by atoms with van der Waals surface area (Å²) >= 11 is 0.